The second kappa shape index (κ2) is 5.10. The van der Waals surface area contributed by atoms with Gasteiger partial charge in [0.25, 0.3) is 0 Å². The van der Waals surface area contributed by atoms with E-state index in [0.717, 1.165) is 0 Å². The van der Waals surface area contributed by atoms with Crippen LogP contribution in [0.3, 0.4) is 0 Å². The molecule has 0 bridgehead atoms. The fourth-order valence-corrected chi connectivity index (χ4v) is 2.28. The minimum Gasteiger partial charge on any atom is -0.507 e. The van der Waals surface area contributed by atoms with Crippen LogP contribution >= 0.6 is 15.9 Å². The van der Waals surface area contributed by atoms with Crippen molar-refractivity contribution >= 4 is 38.3 Å². The van der Waals surface area contributed by atoms with Gasteiger partial charge in [-0.05, 0) is 40.2 Å². The molecule has 0 radical (unpaired) electrons. The van der Waals surface area contributed by atoms with Crippen molar-refractivity contribution < 1.29 is 15.3 Å². The number of benzene rings is 2. The van der Waals surface area contributed by atoms with E-state index >= 15 is 0 Å². The molecule has 3 aromatic rings. The first-order chi connectivity index (χ1) is 10.0. The average Bonchev–Trinajstić information content (AvgIpc) is 2.45. The zero-order valence-electron chi connectivity index (χ0n) is 10.6. The molecule has 1 heterocycles. The lowest BCUT2D eigenvalue weighted by atomic mass is 10.2. The van der Waals surface area contributed by atoms with Gasteiger partial charge in [0.2, 0.25) is 0 Å². The summed E-state index contributed by atoms with van der Waals surface area (Å²) >= 11 is 3.23. The van der Waals surface area contributed by atoms with Gasteiger partial charge in [-0.3, -0.25) is 0 Å². The quantitative estimate of drug-likeness (QED) is 0.419. The fourth-order valence-electron chi connectivity index (χ4n) is 1.90. The van der Waals surface area contributed by atoms with Crippen LogP contribution < -0.4 is 5.32 Å². The Labute approximate surface area is 127 Å². The predicted molar refractivity (Wildman–Crippen MR) is 82.0 cm³/mol. The second-order valence-corrected chi connectivity index (χ2v) is 5.23. The zero-order valence-corrected chi connectivity index (χ0v) is 12.2. The van der Waals surface area contributed by atoms with Crippen LogP contribution in [0.25, 0.3) is 10.9 Å². The summed E-state index contributed by atoms with van der Waals surface area (Å²) in [4.78, 5) is 8.18. The van der Waals surface area contributed by atoms with Crippen LogP contribution in [0.15, 0.2) is 41.1 Å². The molecular formula is C14H10BrN3O3. The number of nitrogens with one attached hydrogen (secondary N) is 1. The van der Waals surface area contributed by atoms with E-state index < -0.39 is 0 Å². The average molecular weight is 348 g/mol. The minimum atomic E-state index is -0.243. The third kappa shape index (κ3) is 2.55. The molecule has 1 aromatic heterocycles. The molecule has 0 atom stereocenters. The molecule has 6 nitrogen and oxygen atoms in total. The van der Waals surface area contributed by atoms with E-state index in [0.29, 0.717) is 26.9 Å². The van der Waals surface area contributed by atoms with E-state index in [1.54, 1.807) is 18.2 Å². The first-order valence-corrected chi connectivity index (χ1v) is 6.76. The Bertz CT molecular complexity index is 839. The van der Waals surface area contributed by atoms with Gasteiger partial charge >= 0.3 is 0 Å². The maximum atomic E-state index is 9.61. The minimum absolute atomic E-state index is 0.135. The molecule has 3 rings (SSSR count). The van der Waals surface area contributed by atoms with Gasteiger partial charge < -0.3 is 20.6 Å². The van der Waals surface area contributed by atoms with Crippen LogP contribution in [0.4, 0.5) is 11.5 Å². The summed E-state index contributed by atoms with van der Waals surface area (Å²) in [6, 6.07) is 7.68. The van der Waals surface area contributed by atoms with Crippen LogP contribution in [0.5, 0.6) is 17.2 Å². The number of hydrogen-bond donors (Lipinski definition) is 4. The van der Waals surface area contributed by atoms with Crippen molar-refractivity contribution in [3.63, 3.8) is 0 Å². The number of fused-ring (bicyclic) bond motifs is 1. The Kier molecular flexibility index (Phi) is 3.26. The van der Waals surface area contributed by atoms with Gasteiger partial charge in [-0.25, -0.2) is 9.97 Å². The molecule has 21 heavy (non-hydrogen) atoms. The lowest BCUT2D eigenvalue weighted by molar-refractivity contribution is 0.405. The topological polar surface area (TPSA) is 98.5 Å². The molecule has 0 saturated heterocycles. The predicted octanol–water partition coefficient (Wildman–Crippen LogP) is 3.25. The Morgan fingerprint density at radius 2 is 1.67 bits per heavy atom. The molecule has 4 N–H and O–H groups in total. The lowest BCUT2D eigenvalue weighted by Gasteiger charge is -2.10. The number of phenolic OH excluding ortho intramolecular Hbond substituents is 3. The van der Waals surface area contributed by atoms with Crippen molar-refractivity contribution in [3.05, 3.63) is 41.1 Å². The Morgan fingerprint density at radius 3 is 2.43 bits per heavy atom. The molecule has 106 valence electrons. The van der Waals surface area contributed by atoms with Crippen LogP contribution in [0.1, 0.15) is 0 Å². The number of halogens is 1. The lowest BCUT2D eigenvalue weighted by Crippen LogP contribution is -1.96. The van der Waals surface area contributed by atoms with E-state index in [-0.39, 0.29) is 17.2 Å². The van der Waals surface area contributed by atoms with Crippen LogP contribution in [-0.2, 0) is 0 Å². The number of rotatable bonds is 2. The highest BCUT2D eigenvalue weighted by Gasteiger charge is 2.09. The van der Waals surface area contributed by atoms with Gasteiger partial charge in [0.05, 0.1) is 9.99 Å². The number of aromatic hydroxyl groups is 3. The van der Waals surface area contributed by atoms with Crippen molar-refractivity contribution in [2.24, 2.45) is 0 Å². The molecule has 0 spiro atoms. The van der Waals surface area contributed by atoms with E-state index in [9.17, 15) is 15.3 Å². The molecule has 7 heteroatoms. The Morgan fingerprint density at radius 1 is 0.905 bits per heavy atom. The highest BCUT2D eigenvalue weighted by atomic mass is 79.9. The largest absolute Gasteiger partial charge is 0.507 e. The normalized spacial score (nSPS) is 10.7. The summed E-state index contributed by atoms with van der Waals surface area (Å²) in [6.07, 6.45) is 1.36. The molecule has 2 aromatic carbocycles. The monoisotopic (exact) mass is 347 g/mol. The highest BCUT2D eigenvalue weighted by Crippen LogP contribution is 2.34. The van der Waals surface area contributed by atoms with Crippen LogP contribution in [0, 0.1) is 0 Å². The van der Waals surface area contributed by atoms with E-state index in [2.05, 4.69) is 31.2 Å². The Balaban J connectivity index is 2.07. The SMILES string of the molecule is Oc1cc2ncnc(Nc3ccc(O)c(Br)c3)c2cc1O. The van der Waals surface area contributed by atoms with Gasteiger partial charge in [0, 0.05) is 17.1 Å². The fraction of sp³-hybridized carbons (Fsp3) is 0. The maximum Gasteiger partial charge on any atom is 0.159 e. The second-order valence-electron chi connectivity index (χ2n) is 4.37. The number of aromatic nitrogens is 2. The van der Waals surface area contributed by atoms with Gasteiger partial charge in [0.1, 0.15) is 17.9 Å². The maximum absolute atomic E-state index is 9.61. The zero-order chi connectivity index (χ0) is 15.0. The molecule has 0 aliphatic heterocycles. The van der Waals surface area contributed by atoms with Crippen molar-refractivity contribution in [2.45, 2.75) is 0 Å². The van der Waals surface area contributed by atoms with Crippen molar-refractivity contribution in [2.75, 3.05) is 5.32 Å². The molecule has 0 amide bonds. The van der Waals surface area contributed by atoms with Crippen LogP contribution in [0.2, 0.25) is 0 Å². The number of nitrogens with zero attached hydrogens (tertiary/aromatic N) is 2. The summed E-state index contributed by atoms with van der Waals surface area (Å²) in [5.41, 5.74) is 1.20. The smallest absolute Gasteiger partial charge is 0.159 e. The number of anilines is 2. The van der Waals surface area contributed by atoms with Gasteiger partial charge in [-0.2, -0.15) is 0 Å². The van der Waals surface area contributed by atoms with Crippen molar-refractivity contribution in [1.82, 2.24) is 9.97 Å². The summed E-state index contributed by atoms with van der Waals surface area (Å²) in [6.45, 7) is 0. The highest BCUT2D eigenvalue weighted by molar-refractivity contribution is 9.10. The summed E-state index contributed by atoms with van der Waals surface area (Å²) in [5, 5.41) is 32.2. The molecular weight excluding hydrogens is 338 g/mol. The van der Waals surface area contributed by atoms with E-state index in [4.69, 9.17) is 0 Å². The third-order valence-corrected chi connectivity index (χ3v) is 3.58. The van der Waals surface area contributed by atoms with Gasteiger partial charge in [0.15, 0.2) is 11.5 Å². The first kappa shape index (κ1) is 13.4. The number of phenols is 3. The van der Waals surface area contributed by atoms with E-state index in [1.165, 1.54) is 18.5 Å². The molecule has 0 aliphatic rings. The standard InChI is InChI=1S/C14H10BrN3O3/c15-9-3-7(1-2-11(9)19)18-14-8-4-12(20)13(21)5-10(8)16-6-17-14/h1-6,19-21H,(H,16,17,18). The van der Waals surface area contributed by atoms with Gasteiger partial charge in [-0.1, -0.05) is 0 Å². The molecule has 0 aliphatic carbocycles. The summed E-state index contributed by atoms with van der Waals surface area (Å²) in [5.74, 6) is 0.135. The molecule has 0 fully saturated rings. The van der Waals surface area contributed by atoms with E-state index in [1.807, 2.05) is 0 Å². The molecule has 0 saturated carbocycles. The summed E-state index contributed by atoms with van der Waals surface area (Å²) in [7, 11) is 0. The van der Waals surface area contributed by atoms with Gasteiger partial charge in [-0.15, -0.1) is 0 Å². The Hall–Kier alpha value is -2.54. The first-order valence-electron chi connectivity index (χ1n) is 5.97. The van der Waals surface area contributed by atoms with Crippen LogP contribution in [-0.4, -0.2) is 25.3 Å². The summed E-state index contributed by atoms with van der Waals surface area (Å²) < 4.78 is 0.548. The van der Waals surface area contributed by atoms with Crippen molar-refractivity contribution in [3.8, 4) is 17.2 Å². The number of hydrogen-bond acceptors (Lipinski definition) is 6. The third-order valence-electron chi connectivity index (χ3n) is 2.94. The molecule has 0 unspecified atom stereocenters. The van der Waals surface area contributed by atoms with Crippen molar-refractivity contribution in [1.29, 1.82) is 0 Å².